The van der Waals surface area contributed by atoms with Crippen molar-refractivity contribution in [2.45, 2.75) is 89.1 Å². The van der Waals surface area contributed by atoms with Gasteiger partial charge in [0.1, 0.15) is 4.75 Å². The Bertz CT molecular complexity index is 863. The standard InChI is InChI=1S/C25H39NO5S/c1-5-6-13-23(30-3)31-26-24(27)25(2,32(4,28)29)19-18-20-14-16-22(17-15-20)21-11-9-7-8-10-12-21/h11,14-17,23H,5-10,12-13,18-19H2,1-4H3,(H,26,27). The number of nitrogens with one attached hydrogen (secondary N) is 1. The first-order valence-electron chi connectivity index (χ1n) is 11.7. The van der Waals surface area contributed by atoms with E-state index >= 15 is 0 Å². The summed E-state index contributed by atoms with van der Waals surface area (Å²) in [6.45, 7) is 3.51. The van der Waals surface area contributed by atoms with Crippen LogP contribution in [0.15, 0.2) is 30.3 Å². The lowest BCUT2D eigenvalue weighted by Crippen LogP contribution is -2.51. The summed E-state index contributed by atoms with van der Waals surface area (Å²) < 4.78 is 28.7. The molecule has 1 aromatic carbocycles. The first kappa shape index (κ1) is 26.6. The lowest BCUT2D eigenvalue weighted by molar-refractivity contribution is -0.181. The first-order chi connectivity index (χ1) is 15.2. The molecule has 1 aromatic rings. The molecule has 0 aliphatic heterocycles. The number of aryl methyl sites for hydroxylation is 1. The first-order valence-corrected chi connectivity index (χ1v) is 13.6. The average Bonchev–Trinajstić information content (AvgIpc) is 3.06. The number of carbonyl (C=O) groups excluding carboxylic acids is 1. The van der Waals surface area contributed by atoms with Crippen LogP contribution in [0.1, 0.15) is 82.8 Å². The van der Waals surface area contributed by atoms with Crippen LogP contribution < -0.4 is 5.48 Å². The van der Waals surface area contributed by atoms with Crippen molar-refractivity contribution in [1.29, 1.82) is 0 Å². The van der Waals surface area contributed by atoms with Crippen LogP contribution in [-0.4, -0.2) is 38.7 Å². The summed E-state index contributed by atoms with van der Waals surface area (Å²) >= 11 is 0. The zero-order valence-electron chi connectivity index (χ0n) is 20.0. The third-order valence-corrected chi connectivity index (χ3v) is 8.42. The van der Waals surface area contributed by atoms with Gasteiger partial charge in [-0.25, -0.2) is 18.7 Å². The molecule has 0 fully saturated rings. The van der Waals surface area contributed by atoms with Gasteiger partial charge in [-0.2, -0.15) is 0 Å². The molecule has 0 radical (unpaired) electrons. The van der Waals surface area contributed by atoms with Crippen molar-refractivity contribution in [2.75, 3.05) is 13.4 Å². The van der Waals surface area contributed by atoms with Crippen molar-refractivity contribution in [3.05, 3.63) is 41.5 Å². The van der Waals surface area contributed by atoms with Crippen LogP contribution >= 0.6 is 0 Å². The molecule has 1 aliphatic rings. The van der Waals surface area contributed by atoms with Crippen LogP contribution in [0.3, 0.4) is 0 Å². The summed E-state index contributed by atoms with van der Waals surface area (Å²) in [5.74, 6) is -0.668. The minimum atomic E-state index is -3.68. The number of carbonyl (C=O) groups is 1. The van der Waals surface area contributed by atoms with Crippen LogP contribution in [0.5, 0.6) is 0 Å². The van der Waals surface area contributed by atoms with E-state index < -0.39 is 26.8 Å². The van der Waals surface area contributed by atoms with E-state index in [0.29, 0.717) is 12.8 Å². The molecule has 2 rings (SSSR count). The number of hydrogen-bond donors (Lipinski definition) is 1. The highest BCUT2D eigenvalue weighted by Gasteiger charge is 2.43. The Kier molecular flexibility index (Phi) is 10.4. The maximum atomic E-state index is 12.8. The van der Waals surface area contributed by atoms with E-state index in [1.54, 1.807) is 0 Å². The molecular weight excluding hydrogens is 426 g/mol. The molecule has 0 spiro atoms. The van der Waals surface area contributed by atoms with E-state index in [2.05, 4.69) is 23.7 Å². The Hall–Kier alpha value is -1.70. The van der Waals surface area contributed by atoms with Gasteiger partial charge in [0, 0.05) is 19.8 Å². The molecule has 0 saturated carbocycles. The maximum absolute atomic E-state index is 12.8. The SMILES string of the molecule is CCCCC(OC)ONC(=O)C(C)(CCc1ccc(C2=CCCCCC2)cc1)S(C)(=O)=O. The summed E-state index contributed by atoms with van der Waals surface area (Å²) in [5, 5.41) is 0. The Morgan fingerprint density at radius 2 is 1.91 bits per heavy atom. The highest BCUT2D eigenvalue weighted by atomic mass is 32.2. The van der Waals surface area contributed by atoms with Gasteiger partial charge in [-0.15, -0.1) is 0 Å². The summed E-state index contributed by atoms with van der Waals surface area (Å²) in [4.78, 5) is 18.2. The second-order valence-electron chi connectivity index (χ2n) is 8.89. The lowest BCUT2D eigenvalue weighted by atomic mass is 9.96. The number of ether oxygens (including phenoxy) is 1. The fraction of sp³-hybridized carbons (Fsp3) is 0.640. The number of methoxy groups -OCH3 is 1. The molecule has 1 aliphatic carbocycles. The van der Waals surface area contributed by atoms with Gasteiger partial charge < -0.3 is 4.74 Å². The monoisotopic (exact) mass is 465 g/mol. The van der Waals surface area contributed by atoms with Crippen molar-refractivity contribution in [1.82, 2.24) is 5.48 Å². The number of allylic oxidation sites excluding steroid dienone is 2. The van der Waals surface area contributed by atoms with Crippen LogP contribution in [0.25, 0.3) is 5.57 Å². The Morgan fingerprint density at radius 1 is 1.19 bits per heavy atom. The molecule has 0 bridgehead atoms. The second kappa shape index (κ2) is 12.5. The molecule has 0 heterocycles. The lowest BCUT2D eigenvalue weighted by Gasteiger charge is -2.27. The largest absolute Gasteiger partial charge is 0.354 e. The van der Waals surface area contributed by atoms with E-state index in [0.717, 1.165) is 37.5 Å². The van der Waals surface area contributed by atoms with Crippen molar-refractivity contribution < 1.29 is 22.8 Å². The summed E-state index contributed by atoms with van der Waals surface area (Å²) in [6.07, 6.45) is 11.9. The van der Waals surface area contributed by atoms with Gasteiger partial charge in [0.2, 0.25) is 0 Å². The van der Waals surface area contributed by atoms with Gasteiger partial charge in [-0.05, 0) is 68.6 Å². The maximum Gasteiger partial charge on any atom is 0.264 e. The van der Waals surface area contributed by atoms with E-state index in [9.17, 15) is 13.2 Å². The van der Waals surface area contributed by atoms with Gasteiger partial charge >= 0.3 is 0 Å². The van der Waals surface area contributed by atoms with Crippen LogP contribution in [0, 0.1) is 0 Å². The Morgan fingerprint density at radius 3 is 2.53 bits per heavy atom. The van der Waals surface area contributed by atoms with Crippen molar-refractivity contribution in [3.8, 4) is 0 Å². The Balaban J connectivity index is 2.03. The van der Waals surface area contributed by atoms with E-state index in [-0.39, 0.29) is 6.42 Å². The highest BCUT2D eigenvalue weighted by molar-refractivity contribution is 7.92. The minimum Gasteiger partial charge on any atom is -0.354 e. The molecule has 2 atom stereocenters. The fourth-order valence-corrected chi connectivity index (χ4v) is 4.69. The van der Waals surface area contributed by atoms with Gasteiger partial charge in [-0.3, -0.25) is 4.79 Å². The summed E-state index contributed by atoms with van der Waals surface area (Å²) in [7, 11) is -2.18. The number of unbranched alkanes of at least 4 members (excludes halogenated alkanes) is 1. The van der Waals surface area contributed by atoms with Crippen molar-refractivity contribution in [2.24, 2.45) is 0 Å². The predicted molar refractivity (Wildman–Crippen MR) is 129 cm³/mol. The summed E-state index contributed by atoms with van der Waals surface area (Å²) in [6, 6.07) is 8.27. The molecular formula is C25H39NO5S. The van der Waals surface area contributed by atoms with E-state index in [1.165, 1.54) is 44.4 Å². The van der Waals surface area contributed by atoms with Crippen molar-refractivity contribution >= 4 is 21.3 Å². The van der Waals surface area contributed by atoms with Crippen molar-refractivity contribution in [3.63, 3.8) is 0 Å². The van der Waals surface area contributed by atoms with Gasteiger partial charge in [0.05, 0.1) is 0 Å². The van der Waals surface area contributed by atoms with Gasteiger partial charge in [-0.1, -0.05) is 50.1 Å². The quantitative estimate of drug-likeness (QED) is 0.348. The van der Waals surface area contributed by atoms with Crippen LogP contribution in [0.2, 0.25) is 0 Å². The number of amides is 1. The number of rotatable bonds is 12. The average molecular weight is 466 g/mol. The van der Waals surface area contributed by atoms with Gasteiger partial charge in [0.15, 0.2) is 16.1 Å². The molecule has 7 heteroatoms. The second-order valence-corrected chi connectivity index (χ2v) is 11.3. The molecule has 32 heavy (non-hydrogen) atoms. The zero-order chi connectivity index (χ0) is 23.6. The topological polar surface area (TPSA) is 81.7 Å². The highest BCUT2D eigenvalue weighted by Crippen LogP contribution is 2.28. The molecule has 180 valence electrons. The number of hydrogen-bond acceptors (Lipinski definition) is 5. The van der Waals surface area contributed by atoms with E-state index in [1.807, 2.05) is 19.1 Å². The molecule has 1 N–H and O–H groups in total. The normalized spacial score (nSPS) is 17.7. The smallest absolute Gasteiger partial charge is 0.264 e. The molecule has 6 nitrogen and oxygen atoms in total. The number of sulfone groups is 1. The number of hydroxylamine groups is 1. The molecule has 1 amide bonds. The number of benzene rings is 1. The van der Waals surface area contributed by atoms with Crippen LogP contribution in [-0.2, 0) is 30.6 Å². The van der Waals surface area contributed by atoms with Crippen LogP contribution in [0.4, 0.5) is 0 Å². The Labute approximate surface area is 193 Å². The molecule has 0 saturated heterocycles. The minimum absolute atomic E-state index is 0.162. The third kappa shape index (κ3) is 7.42. The van der Waals surface area contributed by atoms with E-state index in [4.69, 9.17) is 9.57 Å². The summed E-state index contributed by atoms with van der Waals surface area (Å²) in [5.41, 5.74) is 5.96. The molecule has 2 unspecified atom stereocenters. The predicted octanol–water partition coefficient (Wildman–Crippen LogP) is 4.98. The fourth-order valence-electron chi connectivity index (χ4n) is 3.84. The van der Waals surface area contributed by atoms with Gasteiger partial charge in [0.25, 0.3) is 5.91 Å². The third-order valence-electron chi connectivity index (χ3n) is 6.39. The molecule has 0 aromatic heterocycles. The zero-order valence-corrected chi connectivity index (χ0v) is 20.8.